The SMILES string of the molecule is Cc1cc(F)c(C(C)(O)C(F)C(=O)O)cc1F. The molecule has 1 aromatic rings. The third-order valence-electron chi connectivity index (χ3n) is 2.50. The Hall–Kier alpha value is -1.56. The Morgan fingerprint density at radius 3 is 2.35 bits per heavy atom. The van der Waals surface area contributed by atoms with Gasteiger partial charge in [0.1, 0.15) is 17.2 Å². The highest BCUT2D eigenvalue weighted by Gasteiger charge is 2.41. The average Bonchev–Trinajstić information content (AvgIpc) is 2.21. The number of alkyl halides is 1. The Bertz CT molecular complexity index is 458. The summed E-state index contributed by atoms with van der Waals surface area (Å²) in [6.07, 6.45) is -2.75. The molecular formula is C11H11F3O3. The van der Waals surface area contributed by atoms with Crippen LogP contribution in [0.25, 0.3) is 0 Å². The molecule has 94 valence electrons. The van der Waals surface area contributed by atoms with E-state index in [4.69, 9.17) is 5.11 Å². The van der Waals surface area contributed by atoms with Gasteiger partial charge >= 0.3 is 5.97 Å². The van der Waals surface area contributed by atoms with E-state index >= 15 is 0 Å². The Kier molecular flexibility index (Phi) is 3.47. The van der Waals surface area contributed by atoms with Crippen molar-refractivity contribution in [3.8, 4) is 0 Å². The van der Waals surface area contributed by atoms with Crippen LogP contribution in [0.3, 0.4) is 0 Å². The molecule has 0 bridgehead atoms. The number of aliphatic hydroxyl groups is 1. The first-order valence-corrected chi connectivity index (χ1v) is 4.73. The number of halogens is 3. The Morgan fingerprint density at radius 1 is 1.35 bits per heavy atom. The molecule has 3 nitrogen and oxygen atoms in total. The smallest absolute Gasteiger partial charge is 0.341 e. The van der Waals surface area contributed by atoms with Crippen molar-refractivity contribution in [2.45, 2.75) is 25.6 Å². The molecule has 0 aliphatic carbocycles. The van der Waals surface area contributed by atoms with Crippen molar-refractivity contribution >= 4 is 5.97 Å². The molecule has 0 fully saturated rings. The zero-order chi connectivity index (χ0) is 13.4. The number of carboxylic acid groups (broad SMARTS) is 1. The first-order chi connectivity index (χ1) is 7.67. The van der Waals surface area contributed by atoms with Crippen LogP contribution in [0.5, 0.6) is 0 Å². The molecule has 6 heteroatoms. The highest BCUT2D eigenvalue weighted by Crippen LogP contribution is 2.30. The topological polar surface area (TPSA) is 57.5 Å². The van der Waals surface area contributed by atoms with E-state index < -0.39 is 34.9 Å². The monoisotopic (exact) mass is 248 g/mol. The van der Waals surface area contributed by atoms with Gasteiger partial charge in [-0.3, -0.25) is 0 Å². The molecular weight excluding hydrogens is 237 g/mol. The number of rotatable bonds is 3. The van der Waals surface area contributed by atoms with E-state index in [1.807, 2.05) is 0 Å². The average molecular weight is 248 g/mol. The van der Waals surface area contributed by atoms with Crippen molar-refractivity contribution in [3.05, 3.63) is 34.9 Å². The van der Waals surface area contributed by atoms with Crippen LogP contribution in [0.2, 0.25) is 0 Å². The number of aliphatic carboxylic acids is 1. The zero-order valence-electron chi connectivity index (χ0n) is 9.17. The molecule has 0 heterocycles. The van der Waals surface area contributed by atoms with Gasteiger partial charge in [0.05, 0.1) is 0 Å². The van der Waals surface area contributed by atoms with Gasteiger partial charge in [-0.05, 0) is 31.5 Å². The summed E-state index contributed by atoms with van der Waals surface area (Å²) in [5.41, 5.74) is -3.38. The van der Waals surface area contributed by atoms with E-state index in [1.165, 1.54) is 6.92 Å². The summed E-state index contributed by atoms with van der Waals surface area (Å²) in [4.78, 5) is 10.4. The molecule has 17 heavy (non-hydrogen) atoms. The lowest BCUT2D eigenvalue weighted by Crippen LogP contribution is -2.40. The van der Waals surface area contributed by atoms with Crippen molar-refractivity contribution in [2.24, 2.45) is 0 Å². The van der Waals surface area contributed by atoms with Crippen LogP contribution >= 0.6 is 0 Å². The molecule has 0 saturated heterocycles. The van der Waals surface area contributed by atoms with E-state index in [0.29, 0.717) is 6.07 Å². The maximum Gasteiger partial charge on any atom is 0.341 e. The van der Waals surface area contributed by atoms with Crippen LogP contribution in [0, 0.1) is 18.6 Å². The van der Waals surface area contributed by atoms with Crippen LogP contribution < -0.4 is 0 Å². The minimum atomic E-state index is -2.75. The van der Waals surface area contributed by atoms with Gasteiger partial charge in [-0.2, -0.15) is 0 Å². The van der Waals surface area contributed by atoms with Gasteiger partial charge in [-0.25, -0.2) is 18.0 Å². The quantitative estimate of drug-likeness (QED) is 0.859. The summed E-state index contributed by atoms with van der Waals surface area (Å²) in [6.45, 7) is 2.07. The third-order valence-corrected chi connectivity index (χ3v) is 2.50. The normalized spacial score (nSPS) is 16.4. The summed E-state index contributed by atoms with van der Waals surface area (Å²) in [7, 11) is 0. The van der Waals surface area contributed by atoms with Gasteiger partial charge in [0.2, 0.25) is 6.17 Å². The molecule has 0 saturated carbocycles. The molecule has 2 N–H and O–H groups in total. The molecule has 0 amide bonds. The predicted molar refractivity (Wildman–Crippen MR) is 53.2 cm³/mol. The molecule has 0 spiro atoms. The van der Waals surface area contributed by atoms with Crippen molar-refractivity contribution in [1.29, 1.82) is 0 Å². The fourth-order valence-electron chi connectivity index (χ4n) is 1.41. The Labute approximate surface area is 95.5 Å². The van der Waals surface area contributed by atoms with E-state index in [2.05, 4.69) is 0 Å². The lowest BCUT2D eigenvalue weighted by atomic mass is 9.89. The summed E-state index contributed by atoms with van der Waals surface area (Å²) in [5, 5.41) is 18.1. The van der Waals surface area contributed by atoms with Gasteiger partial charge in [0.25, 0.3) is 0 Å². The second-order valence-electron chi connectivity index (χ2n) is 3.93. The lowest BCUT2D eigenvalue weighted by molar-refractivity contribution is -0.154. The molecule has 0 aliphatic rings. The summed E-state index contributed by atoms with van der Waals surface area (Å²) in [5.74, 6) is -3.85. The second kappa shape index (κ2) is 4.37. The maximum atomic E-state index is 13.5. The fourth-order valence-corrected chi connectivity index (χ4v) is 1.41. The predicted octanol–water partition coefficient (Wildman–Crippen LogP) is 1.90. The van der Waals surface area contributed by atoms with Gasteiger partial charge in [-0.1, -0.05) is 0 Å². The highest BCUT2D eigenvalue weighted by molar-refractivity contribution is 5.74. The van der Waals surface area contributed by atoms with Crippen LogP contribution in [-0.4, -0.2) is 22.4 Å². The van der Waals surface area contributed by atoms with Crippen molar-refractivity contribution in [1.82, 2.24) is 0 Å². The maximum absolute atomic E-state index is 13.5. The number of carboxylic acids is 1. The molecule has 0 aliphatic heterocycles. The van der Waals surface area contributed by atoms with Crippen molar-refractivity contribution in [3.63, 3.8) is 0 Å². The van der Waals surface area contributed by atoms with Crippen LogP contribution in [0.4, 0.5) is 13.2 Å². The number of aryl methyl sites for hydroxylation is 1. The molecule has 0 aromatic heterocycles. The van der Waals surface area contributed by atoms with E-state index in [-0.39, 0.29) is 5.56 Å². The molecule has 0 radical (unpaired) electrons. The fraction of sp³-hybridized carbons (Fsp3) is 0.364. The minimum absolute atomic E-state index is 0.0206. The lowest BCUT2D eigenvalue weighted by Gasteiger charge is -2.25. The van der Waals surface area contributed by atoms with Crippen LogP contribution in [0.15, 0.2) is 12.1 Å². The Morgan fingerprint density at radius 2 is 1.88 bits per heavy atom. The molecule has 2 unspecified atom stereocenters. The number of hydrogen-bond acceptors (Lipinski definition) is 2. The van der Waals surface area contributed by atoms with Gasteiger partial charge in [0, 0.05) is 5.56 Å². The molecule has 2 atom stereocenters. The minimum Gasteiger partial charge on any atom is -0.479 e. The first-order valence-electron chi connectivity index (χ1n) is 4.73. The largest absolute Gasteiger partial charge is 0.479 e. The zero-order valence-corrected chi connectivity index (χ0v) is 9.17. The summed E-state index contributed by atoms with van der Waals surface area (Å²) in [6, 6.07) is 1.37. The van der Waals surface area contributed by atoms with Gasteiger partial charge in [-0.15, -0.1) is 0 Å². The van der Waals surface area contributed by atoms with Crippen molar-refractivity contribution < 1.29 is 28.2 Å². The van der Waals surface area contributed by atoms with E-state index in [1.54, 1.807) is 0 Å². The summed E-state index contributed by atoms with van der Waals surface area (Å²) < 4.78 is 39.9. The van der Waals surface area contributed by atoms with Gasteiger partial charge < -0.3 is 10.2 Å². The first kappa shape index (κ1) is 13.5. The Balaban J connectivity index is 3.33. The second-order valence-corrected chi connectivity index (χ2v) is 3.93. The number of carbonyl (C=O) groups is 1. The molecule has 1 rings (SSSR count). The van der Waals surface area contributed by atoms with Crippen LogP contribution in [0.1, 0.15) is 18.1 Å². The van der Waals surface area contributed by atoms with Gasteiger partial charge in [0.15, 0.2) is 0 Å². The standard InChI is InChI=1S/C11H11F3O3/c1-5-3-8(13)6(4-7(5)12)11(2,17)9(14)10(15)16/h3-4,9,17H,1-2H3,(H,15,16). The number of hydrogen-bond donors (Lipinski definition) is 2. The van der Waals surface area contributed by atoms with E-state index in [9.17, 15) is 23.1 Å². The van der Waals surface area contributed by atoms with E-state index in [0.717, 1.165) is 13.0 Å². The highest BCUT2D eigenvalue weighted by atomic mass is 19.1. The van der Waals surface area contributed by atoms with Crippen LogP contribution in [-0.2, 0) is 10.4 Å². The molecule has 1 aromatic carbocycles. The third kappa shape index (κ3) is 2.41. The number of benzene rings is 1. The van der Waals surface area contributed by atoms with Crippen molar-refractivity contribution in [2.75, 3.05) is 0 Å². The summed E-state index contributed by atoms with van der Waals surface area (Å²) >= 11 is 0.